The van der Waals surface area contributed by atoms with Crippen LogP contribution in [0.15, 0.2) is 29.2 Å². The van der Waals surface area contributed by atoms with Crippen LogP contribution in [0.5, 0.6) is 0 Å². The number of nitrogens with one attached hydrogen (secondary N) is 1. The lowest BCUT2D eigenvalue weighted by Gasteiger charge is -2.33. The summed E-state index contributed by atoms with van der Waals surface area (Å²) in [5.74, 6) is 0. The number of sulfonamides is 1. The molecule has 1 saturated heterocycles. The predicted octanol–water partition coefficient (Wildman–Crippen LogP) is 2.49. The lowest BCUT2D eigenvalue weighted by molar-refractivity contribution is 0.266. The molecule has 0 aliphatic carbocycles. The molecule has 0 bridgehead atoms. The number of benzene rings is 1. The van der Waals surface area contributed by atoms with E-state index in [2.05, 4.69) is 5.32 Å². The summed E-state index contributed by atoms with van der Waals surface area (Å²) in [7, 11) is -3.53. The van der Waals surface area contributed by atoms with Crippen LogP contribution in [0.25, 0.3) is 0 Å². The lowest BCUT2D eigenvalue weighted by atomic mass is 10.1. The van der Waals surface area contributed by atoms with Gasteiger partial charge in [-0.3, -0.25) is 0 Å². The number of halogens is 1. The van der Waals surface area contributed by atoms with Crippen LogP contribution in [0.3, 0.4) is 0 Å². The summed E-state index contributed by atoms with van der Waals surface area (Å²) in [5, 5.41) is 3.56. The van der Waals surface area contributed by atoms with Crippen LogP contribution in [0.4, 0.5) is 0 Å². The van der Waals surface area contributed by atoms with Crippen molar-refractivity contribution in [2.45, 2.75) is 37.1 Å². The zero-order valence-corrected chi connectivity index (χ0v) is 13.3. The fourth-order valence-electron chi connectivity index (χ4n) is 2.58. The van der Waals surface area contributed by atoms with Crippen molar-refractivity contribution in [2.75, 3.05) is 19.6 Å². The van der Waals surface area contributed by atoms with Gasteiger partial charge in [-0.2, -0.15) is 4.31 Å². The van der Waals surface area contributed by atoms with Crippen molar-refractivity contribution in [3.05, 3.63) is 29.3 Å². The molecule has 0 aromatic heterocycles. The predicted molar refractivity (Wildman–Crippen MR) is 81.5 cm³/mol. The van der Waals surface area contributed by atoms with Crippen molar-refractivity contribution >= 4 is 21.6 Å². The summed E-state index contributed by atoms with van der Waals surface area (Å²) >= 11 is 6.07. The van der Waals surface area contributed by atoms with E-state index < -0.39 is 10.0 Å². The molecule has 6 heteroatoms. The lowest BCUT2D eigenvalue weighted by Crippen LogP contribution is -2.48. The number of hydrogen-bond acceptors (Lipinski definition) is 3. The van der Waals surface area contributed by atoms with Crippen molar-refractivity contribution in [2.24, 2.45) is 0 Å². The van der Waals surface area contributed by atoms with Gasteiger partial charge in [0, 0.05) is 19.1 Å². The van der Waals surface area contributed by atoms with Gasteiger partial charge >= 0.3 is 0 Å². The Morgan fingerprint density at radius 2 is 2.15 bits per heavy atom. The van der Waals surface area contributed by atoms with Gasteiger partial charge in [-0.25, -0.2) is 8.42 Å². The van der Waals surface area contributed by atoms with Gasteiger partial charge in [-0.1, -0.05) is 30.7 Å². The van der Waals surface area contributed by atoms with Gasteiger partial charge in [-0.15, -0.1) is 0 Å². The van der Waals surface area contributed by atoms with Crippen molar-refractivity contribution in [1.29, 1.82) is 0 Å². The smallest absolute Gasteiger partial charge is 0.244 e. The van der Waals surface area contributed by atoms with E-state index >= 15 is 0 Å². The third-order valence-corrected chi connectivity index (χ3v) is 6.00. The highest BCUT2D eigenvalue weighted by molar-refractivity contribution is 7.89. The second-order valence-electron chi connectivity index (χ2n) is 5.05. The van der Waals surface area contributed by atoms with Crippen molar-refractivity contribution in [1.82, 2.24) is 9.62 Å². The molecule has 0 saturated carbocycles. The second-order valence-corrected chi connectivity index (χ2v) is 7.31. The minimum absolute atomic E-state index is 0.0185. The minimum atomic E-state index is -3.53. The topological polar surface area (TPSA) is 49.4 Å². The molecule has 0 radical (unpaired) electrons. The summed E-state index contributed by atoms with van der Waals surface area (Å²) in [4.78, 5) is 0.209. The summed E-state index contributed by atoms with van der Waals surface area (Å²) in [6.07, 6.45) is 2.69. The maximum absolute atomic E-state index is 12.9. The number of piperidine rings is 1. The molecule has 1 aliphatic rings. The van der Waals surface area contributed by atoms with E-state index in [4.69, 9.17) is 11.6 Å². The van der Waals surface area contributed by atoms with E-state index in [1.807, 2.05) is 6.92 Å². The molecule has 1 unspecified atom stereocenters. The Kier molecular flexibility index (Phi) is 5.43. The Balaban J connectivity index is 2.34. The highest BCUT2D eigenvalue weighted by Crippen LogP contribution is 2.27. The van der Waals surface area contributed by atoms with Gasteiger partial charge < -0.3 is 5.32 Å². The van der Waals surface area contributed by atoms with Gasteiger partial charge in [-0.05, 0) is 37.9 Å². The van der Waals surface area contributed by atoms with Crippen molar-refractivity contribution in [3.63, 3.8) is 0 Å². The SMILES string of the molecule is CCCN(C1CCCNC1)S(=O)(=O)c1ccccc1Cl. The Bertz CT molecular complexity index is 542. The van der Waals surface area contributed by atoms with Crippen LogP contribution in [-0.4, -0.2) is 38.4 Å². The van der Waals surface area contributed by atoms with Gasteiger partial charge in [0.05, 0.1) is 5.02 Å². The maximum atomic E-state index is 12.9. The number of nitrogens with zero attached hydrogens (tertiary/aromatic N) is 1. The Labute approximate surface area is 126 Å². The molecule has 20 heavy (non-hydrogen) atoms. The van der Waals surface area contributed by atoms with E-state index in [-0.39, 0.29) is 16.0 Å². The molecule has 1 aliphatic heterocycles. The van der Waals surface area contributed by atoms with Crippen molar-refractivity contribution < 1.29 is 8.42 Å². The molecule has 2 rings (SSSR count). The molecule has 1 N–H and O–H groups in total. The van der Waals surface area contributed by atoms with Gasteiger partial charge in [0.25, 0.3) is 0 Å². The van der Waals surface area contributed by atoms with E-state index in [0.29, 0.717) is 13.1 Å². The quantitative estimate of drug-likeness (QED) is 0.908. The van der Waals surface area contributed by atoms with E-state index in [0.717, 1.165) is 25.8 Å². The van der Waals surface area contributed by atoms with E-state index in [1.54, 1.807) is 28.6 Å². The van der Waals surface area contributed by atoms with Crippen LogP contribution >= 0.6 is 11.6 Å². The Morgan fingerprint density at radius 3 is 2.75 bits per heavy atom. The zero-order chi connectivity index (χ0) is 14.6. The molecule has 0 spiro atoms. The van der Waals surface area contributed by atoms with E-state index in [1.165, 1.54) is 0 Å². The fourth-order valence-corrected chi connectivity index (χ4v) is 4.82. The molecule has 1 aromatic carbocycles. The van der Waals surface area contributed by atoms with Crippen LogP contribution in [0, 0.1) is 0 Å². The molecular weight excluding hydrogens is 296 g/mol. The summed E-state index contributed by atoms with van der Waals surface area (Å²) < 4.78 is 27.3. The van der Waals surface area contributed by atoms with Gasteiger partial charge in [0.15, 0.2) is 0 Å². The third-order valence-electron chi connectivity index (χ3n) is 3.55. The molecule has 1 heterocycles. The van der Waals surface area contributed by atoms with Gasteiger partial charge in [0.1, 0.15) is 4.90 Å². The zero-order valence-electron chi connectivity index (χ0n) is 11.7. The van der Waals surface area contributed by atoms with Gasteiger partial charge in [0.2, 0.25) is 10.0 Å². The first-order chi connectivity index (χ1) is 9.57. The molecule has 0 amide bonds. The average Bonchev–Trinajstić information content (AvgIpc) is 2.45. The van der Waals surface area contributed by atoms with Crippen molar-refractivity contribution in [3.8, 4) is 0 Å². The molecule has 112 valence electrons. The first-order valence-corrected chi connectivity index (χ1v) is 8.86. The van der Waals surface area contributed by atoms with E-state index in [9.17, 15) is 8.42 Å². The minimum Gasteiger partial charge on any atom is -0.315 e. The Morgan fingerprint density at radius 1 is 1.40 bits per heavy atom. The normalized spacial score (nSPS) is 20.2. The van der Waals surface area contributed by atoms with Crippen LogP contribution in [0.1, 0.15) is 26.2 Å². The molecule has 1 fully saturated rings. The summed E-state index contributed by atoms with van der Waals surface area (Å²) in [6, 6.07) is 6.68. The largest absolute Gasteiger partial charge is 0.315 e. The average molecular weight is 317 g/mol. The Hall–Kier alpha value is -0.620. The monoisotopic (exact) mass is 316 g/mol. The molecule has 1 aromatic rings. The number of rotatable bonds is 5. The highest BCUT2D eigenvalue weighted by atomic mass is 35.5. The van der Waals surface area contributed by atoms with Crippen LogP contribution < -0.4 is 5.32 Å². The number of hydrogen-bond donors (Lipinski definition) is 1. The third kappa shape index (κ3) is 3.34. The highest BCUT2D eigenvalue weighted by Gasteiger charge is 2.32. The summed E-state index contributed by atoms with van der Waals surface area (Å²) in [6.45, 7) is 4.19. The molecular formula is C14H21ClN2O2S. The first-order valence-electron chi connectivity index (χ1n) is 7.04. The maximum Gasteiger partial charge on any atom is 0.244 e. The first kappa shape index (κ1) is 15.8. The molecule has 4 nitrogen and oxygen atoms in total. The standard InChI is InChI=1S/C14H21ClN2O2S/c1-2-10-17(12-6-5-9-16-11-12)20(18,19)14-8-4-3-7-13(14)15/h3-4,7-8,12,16H,2,5-6,9-11H2,1H3. The second kappa shape index (κ2) is 6.89. The van der Waals surface area contributed by atoms with Crippen LogP contribution in [-0.2, 0) is 10.0 Å². The summed E-state index contributed by atoms with van der Waals surface area (Å²) in [5.41, 5.74) is 0. The van der Waals surface area contributed by atoms with Crippen LogP contribution in [0.2, 0.25) is 5.02 Å². The molecule has 1 atom stereocenters. The fraction of sp³-hybridized carbons (Fsp3) is 0.571.